The fourth-order valence-corrected chi connectivity index (χ4v) is 7.54. The van der Waals surface area contributed by atoms with Crippen molar-refractivity contribution in [3.63, 3.8) is 0 Å². The average Bonchev–Trinajstić information content (AvgIpc) is 4.10. The van der Waals surface area contributed by atoms with Gasteiger partial charge in [-0.05, 0) is 119 Å². The number of carboxylic acid groups (broad SMARTS) is 4. The van der Waals surface area contributed by atoms with E-state index in [4.69, 9.17) is 9.97 Å². The third-order valence-corrected chi connectivity index (χ3v) is 10.4. The largest absolute Gasteiger partial charge is 2.00 e. The summed E-state index contributed by atoms with van der Waals surface area (Å²) in [5.74, 6) is -4.25. The first-order chi connectivity index (χ1) is 29.0. The average molecular weight is 849 g/mol. The van der Waals surface area contributed by atoms with Gasteiger partial charge >= 0.3 is 40.4 Å². The van der Waals surface area contributed by atoms with Crippen LogP contribution in [0.2, 0.25) is 0 Å². The zero-order valence-electron chi connectivity index (χ0n) is 31.5. The number of carboxylic acids is 4. The van der Waals surface area contributed by atoms with Crippen LogP contribution in [0.4, 0.5) is 0 Å². The van der Waals surface area contributed by atoms with E-state index in [0.29, 0.717) is 89.4 Å². The van der Waals surface area contributed by atoms with E-state index in [1.54, 1.807) is 48.5 Å². The van der Waals surface area contributed by atoms with Crippen molar-refractivity contribution in [3.05, 3.63) is 166 Å². The third kappa shape index (κ3) is 7.41. The summed E-state index contributed by atoms with van der Waals surface area (Å²) in [6, 6.07) is 33.6. The van der Waals surface area contributed by atoms with E-state index in [9.17, 15) is 39.6 Å². The number of hydrogen-bond acceptors (Lipinski definition) is 6. The topological polar surface area (TPSA) is 207 Å². The van der Waals surface area contributed by atoms with Crippen LogP contribution in [-0.4, -0.2) is 64.2 Å². The Morgan fingerprint density at radius 1 is 0.328 bits per heavy atom. The molecule has 0 radical (unpaired) electrons. The van der Waals surface area contributed by atoms with Crippen molar-refractivity contribution in [3.8, 4) is 44.5 Å². The zero-order chi connectivity index (χ0) is 41.7. The molecule has 7 aromatic rings. The smallest absolute Gasteiger partial charge is 0.478 e. The second kappa shape index (κ2) is 15.9. The molecule has 0 saturated heterocycles. The molecule has 4 aromatic carbocycles. The van der Waals surface area contributed by atoms with Gasteiger partial charge in [-0.1, -0.05) is 48.5 Å². The Morgan fingerprint density at radius 3 is 0.836 bits per heavy atom. The quantitative estimate of drug-likeness (QED) is 0.0798. The molecule has 13 heteroatoms. The zero-order valence-corrected chi connectivity index (χ0v) is 32.5. The molecule has 0 spiro atoms. The van der Waals surface area contributed by atoms with Crippen molar-refractivity contribution < 1.29 is 56.1 Å². The number of nitrogens with one attached hydrogen (secondary N) is 2. The van der Waals surface area contributed by atoms with Crippen molar-refractivity contribution in [1.29, 1.82) is 0 Å². The van der Waals surface area contributed by atoms with Gasteiger partial charge in [0.25, 0.3) is 0 Å². The van der Waals surface area contributed by atoms with Crippen LogP contribution < -0.4 is 0 Å². The number of H-pyrrole nitrogens is 2. The van der Waals surface area contributed by atoms with Crippen LogP contribution in [0.5, 0.6) is 0 Å². The molecule has 0 aliphatic carbocycles. The van der Waals surface area contributed by atoms with E-state index >= 15 is 0 Å². The van der Waals surface area contributed by atoms with E-state index in [1.807, 2.05) is 48.6 Å². The second-order valence-corrected chi connectivity index (χ2v) is 14.0. The van der Waals surface area contributed by atoms with Gasteiger partial charge in [0.15, 0.2) is 0 Å². The normalized spacial score (nSPS) is 11.5. The predicted octanol–water partition coefficient (Wildman–Crippen LogP) is 10.1. The molecule has 8 bridgehead atoms. The van der Waals surface area contributed by atoms with Gasteiger partial charge < -0.3 is 30.4 Å². The van der Waals surface area contributed by atoms with E-state index in [0.717, 1.165) is 0 Å². The van der Waals surface area contributed by atoms with Gasteiger partial charge in [0.05, 0.1) is 45.0 Å². The third-order valence-electron chi connectivity index (χ3n) is 10.4. The summed E-state index contributed by atoms with van der Waals surface area (Å²) in [5.41, 5.74) is 10.7. The number of carbonyl (C=O) groups is 4. The van der Waals surface area contributed by atoms with Crippen molar-refractivity contribution >= 4 is 70.2 Å². The summed E-state index contributed by atoms with van der Waals surface area (Å²) in [6.45, 7) is 0. The van der Waals surface area contributed by atoms with Crippen LogP contribution in [0, 0.1) is 0 Å². The minimum Gasteiger partial charge on any atom is -0.478 e. The van der Waals surface area contributed by atoms with Crippen molar-refractivity contribution in [1.82, 2.24) is 19.9 Å². The molecular weight excluding hydrogens is 819 g/mol. The molecule has 0 atom stereocenters. The number of aromatic amines is 2. The molecule has 2 aliphatic rings. The van der Waals surface area contributed by atoms with Crippen molar-refractivity contribution in [2.75, 3.05) is 0 Å². The summed E-state index contributed by atoms with van der Waals surface area (Å²) in [7, 11) is 0. The summed E-state index contributed by atoms with van der Waals surface area (Å²) < 4.78 is 0. The van der Waals surface area contributed by atoms with Gasteiger partial charge in [-0.15, -0.1) is 0 Å². The maximum absolute atomic E-state index is 11.8. The molecule has 12 nitrogen and oxygen atoms in total. The Bertz CT molecular complexity index is 3030. The first-order valence-corrected chi connectivity index (χ1v) is 18.5. The van der Waals surface area contributed by atoms with Gasteiger partial charge in [0.2, 0.25) is 0 Å². The summed E-state index contributed by atoms with van der Waals surface area (Å²) in [4.78, 5) is 64.8. The van der Waals surface area contributed by atoms with Crippen LogP contribution in [0.15, 0.2) is 121 Å². The van der Waals surface area contributed by atoms with E-state index in [1.165, 1.54) is 48.5 Å². The summed E-state index contributed by atoms with van der Waals surface area (Å²) in [6.07, 6.45) is 7.42. The molecule has 6 N–H and O–H groups in total. The van der Waals surface area contributed by atoms with Gasteiger partial charge in [-0.25, -0.2) is 29.1 Å². The monoisotopic (exact) mass is 848 g/mol. The standard InChI is InChI=1S/C48H30N4O8.Ni/c53-45(54)29-9-1-25(2-10-29)41-33-17-19-35(49-33)42(26-3-11-30(12-4-26)46(55)56)37-21-23-39(51-37)44(28-7-15-32(16-8-28)48(59)60)40-24-22-38(52-40)43(36-20-18-34(41)50-36)27-5-13-31(14-6-27)47(57)58;/h1-24,49-50H,(H,53,54)(H,55,56)(H,57,58)(H,59,60);/q;+2. The molecule has 3 aromatic heterocycles. The van der Waals surface area contributed by atoms with Gasteiger partial charge in [-0.2, -0.15) is 0 Å². The SMILES string of the molecule is O=C(O)c1ccc(-c2c3nc(c(-c4ccc(C(=O)O)cc4)c4ccc([nH]4)c(-c4ccc(C(=O)O)cc4)c4ccc([nH]4)c(-c4ccc(C(=O)O)cc4)c4nc2C=C4)C=C3)cc1.[Ni+2]. The van der Waals surface area contributed by atoms with E-state index < -0.39 is 23.9 Å². The number of aromatic carboxylic acids is 4. The Kier molecular flexibility index (Phi) is 10.3. The van der Waals surface area contributed by atoms with Crippen LogP contribution in [-0.2, 0) is 16.5 Å². The second-order valence-electron chi connectivity index (χ2n) is 14.0. The Hall–Kier alpha value is -8.15. The maximum Gasteiger partial charge on any atom is 2.00 e. The molecule has 0 saturated carbocycles. The molecule has 9 rings (SSSR count). The molecular formula is C48H30N4NiO8+2. The molecule has 298 valence electrons. The fourth-order valence-electron chi connectivity index (χ4n) is 7.54. The summed E-state index contributed by atoms with van der Waals surface area (Å²) >= 11 is 0. The molecule has 2 aliphatic heterocycles. The number of hydrogen-bond donors (Lipinski definition) is 6. The van der Waals surface area contributed by atoms with E-state index in [-0.39, 0.29) is 38.7 Å². The summed E-state index contributed by atoms with van der Waals surface area (Å²) in [5, 5.41) is 38.7. The minimum absolute atomic E-state index is 0. The van der Waals surface area contributed by atoms with Crippen molar-refractivity contribution in [2.45, 2.75) is 0 Å². The van der Waals surface area contributed by atoms with Crippen molar-refractivity contribution in [2.24, 2.45) is 0 Å². The number of benzene rings is 4. The van der Waals surface area contributed by atoms with Gasteiger partial charge in [0.1, 0.15) is 0 Å². The number of aromatic nitrogens is 4. The van der Waals surface area contributed by atoms with Crippen LogP contribution >= 0.6 is 0 Å². The fraction of sp³-hybridized carbons (Fsp3) is 0. The number of rotatable bonds is 8. The molecule has 0 fully saturated rings. The van der Waals surface area contributed by atoms with Gasteiger partial charge in [0, 0.05) is 44.3 Å². The van der Waals surface area contributed by atoms with E-state index in [2.05, 4.69) is 9.97 Å². The number of fused-ring (bicyclic) bond motifs is 8. The minimum atomic E-state index is -1.07. The van der Waals surface area contributed by atoms with Crippen LogP contribution in [0.25, 0.3) is 90.9 Å². The molecule has 5 heterocycles. The molecule has 0 unspecified atom stereocenters. The first-order valence-electron chi connectivity index (χ1n) is 18.5. The molecule has 61 heavy (non-hydrogen) atoms. The number of nitrogens with zero attached hydrogens (tertiary/aromatic N) is 2. The van der Waals surface area contributed by atoms with Crippen LogP contribution in [0.3, 0.4) is 0 Å². The predicted molar refractivity (Wildman–Crippen MR) is 228 cm³/mol. The Morgan fingerprint density at radius 2 is 0.557 bits per heavy atom. The Balaban J connectivity index is 0.00000514. The van der Waals surface area contributed by atoms with Gasteiger partial charge in [-0.3, -0.25) is 0 Å². The maximum atomic E-state index is 11.8. The molecule has 0 amide bonds. The van der Waals surface area contributed by atoms with Crippen LogP contribution in [0.1, 0.15) is 64.2 Å². The Labute approximate surface area is 355 Å². The first kappa shape index (κ1) is 39.7.